The van der Waals surface area contributed by atoms with Gasteiger partial charge in [-0.1, -0.05) is 61.2 Å². The lowest BCUT2D eigenvalue weighted by Gasteiger charge is -2.05. The van der Waals surface area contributed by atoms with E-state index in [2.05, 4.69) is 43.0 Å². The lowest BCUT2D eigenvalue weighted by molar-refractivity contribution is 0.621. The smallest absolute Gasteiger partial charge is 0.139 e. The van der Waals surface area contributed by atoms with Crippen molar-refractivity contribution in [2.75, 3.05) is 0 Å². The van der Waals surface area contributed by atoms with Gasteiger partial charge in [0.2, 0.25) is 0 Å². The summed E-state index contributed by atoms with van der Waals surface area (Å²) in [5, 5.41) is 1.73. The number of halogens is 2. The second-order valence-electron chi connectivity index (χ2n) is 7.44. The van der Waals surface area contributed by atoms with Crippen molar-refractivity contribution in [1.82, 2.24) is 0 Å². The number of fused-ring (bicyclic) bond motifs is 1. The quantitative estimate of drug-likeness (QED) is 0.330. The van der Waals surface area contributed by atoms with Gasteiger partial charge in [-0.15, -0.1) is 0 Å². The maximum Gasteiger partial charge on any atom is 0.139 e. The summed E-state index contributed by atoms with van der Waals surface area (Å²) in [5.41, 5.74) is 4.70. The minimum atomic E-state index is -0.302. The Hall–Kier alpha value is -3.44. The molecule has 0 spiro atoms. The molecule has 4 rings (SSSR count). The molecule has 0 nitrogen and oxygen atoms in total. The summed E-state index contributed by atoms with van der Waals surface area (Å²) in [4.78, 5) is 0. The first kappa shape index (κ1) is 19.9. The third-order valence-electron chi connectivity index (χ3n) is 5.31. The van der Waals surface area contributed by atoms with Crippen LogP contribution < -0.4 is 0 Å². The van der Waals surface area contributed by atoms with E-state index in [1.54, 1.807) is 18.2 Å². The summed E-state index contributed by atoms with van der Waals surface area (Å²) in [5.74, 6) is 5.37. The number of hydrogen-bond donors (Lipinski definition) is 0. The van der Waals surface area contributed by atoms with Crippen LogP contribution in [-0.2, 0) is 19.3 Å². The van der Waals surface area contributed by atoms with Crippen LogP contribution in [-0.4, -0.2) is 0 Å². The summed E-state index contributed by atoms with van der Waals surface area (Å²) in [6.07, 6.45) is 2.70. The Morgan fingerprint density at radius 2 is 1.30 bits per heavy atom. The van der Waals surface area contributed by atoms with Crippen molar-refractivity contribution in [3.63, 3.8) is 0 Å². The predicted molar refractivity (Wildman–Crippen MR) is 120 cm³/mol. The van der Waals surface area contributed by atoms with E-state index in [4.69, 9.17) is 0 Å². The Morgan fingerprint density at radius 3 is 2.07 bits per heavy atom. The Balaban J connectivity index is 1.46. The molecule has 0 atom stereocenters. The molecule has 0 saturated carbocycles. The van der Waals surface area contributed by atoms with E-state index in [1.165, 1.54) is 23.3 Å². The monoisotopic (exact) mass is 396 g/mol. The fourth-order valence-corrected chi connectivity index (χ4v) is 3.48. The largest absolute Gasteiger partial charge is 0.207 e. The van der Waals surface area contributed by atoms with E-state index < -0.39 is 0 Å². The Bertz CT molecular complexity index is 1240. The number of aryl methyl sites for hydroxylation is 3. The van der Waals surface area contributed by atoms with E-state index in [1.807, 2.05) is 24.3 Å². The zero-order chi connectivity index (χ0) is 20.9. The first-order valence-electron chi connectivity index (χ1n) is 10.2. The molecule has 30 heavy (non-hydrogen) atoms. The van der Waals surface area contributed by atoms with Gasteiger partial charge in [0.15, 0.2) is 0 Å². The van der Waals surface area contributed by atoms with Crippen LogP contribution in [0.1, 0.15) is 34.7 Å². The number of benzene rings is 4. The molecule has 0 bridgehead atoms. The summed E-state index contributed by atoms with van der Waals surface area (Å²) < 4.78 is 27.8. The van der Waals surface area contributed by atoms with Crippen LogP contribution in [0.25, 0.3) is 10.8 Å². The molecule has 0 fully saturated rings. The maximum absolute atomic E-state index is 14.5. The van der Waals surface area contributed by atoms with E-state index in [9.17, 15) is 8.78 Å². The highest BCUT2D eigenvalue weighted by Gasteiger charge is 2.03. The molecule has 0 aliphatic rings. The topological polar surface area (TPSA) is 0 Å². The van der Waals surface area contributed by atoms with Crippen LogP contribution in [0.5, 0.6) is 0 Å². The molecule has 0 radical (unpaired) electrons. The molecule has 148 valence electrons. The third-order valence-corrected chi connectivity index (χ3v) is 5.31. The summed E-state index contributed by atoms with van der Waals surface area (Å²) in [6.45, 7) is 2.14. The Labute approximate surface area is 176 Å². The summed E-state index contributed by atoms with van der Waals surface area (Å²) in [7, 11) is 0. The molecule has 0 aromatic heterocycles. The first-order chi connectivity index (χ1) is 14.6. The van der Waals surface area contributed by atoms with E-state index in [-0.39, 0.29) is 11.6 Å². The lowest BCUT2D eigenvalue weighted by Crippen LogP contribution is -1.94. The average Bonchev–Trinajstić information content (AvgIpc) is 2.77. The van der Waals surface area contributed by atoms with Crippen molar-refractivity contribution < 1.29 is 8.78 Å². The Kier molecular flexibility index (Phi) is 5.91. The highest BCUT2D eigenvalue weighted by molar-refractivity contribution is 5.84. The molecular weight excluding hydrogens is 374 g/mol. The van der Waals surface area contributed by atoms with Crippen LogP contribution >= 0.6 is 0 Å². The van der Waals surface area contributed by atoms with Crippen LogP contribution in [0, 0.1) is 23.5 Å². The molecule has 4 aromatic carbocycles. The van der Waals surface area contributed by atoms with Gasteiger partial charge in [-0.05, 0) is 83.1 Å². The maximum atomic E-state index is 14.5. The second kappa shape index (κ2) is 8.93. The van der Waals surface area contributed by atoms with Gasteiger partial charge in [0.25, 0.3) is 0 Å². The van der Waals surface area contributed by atoms with Gasteiger partial charge >= 0.3 is 0 Å². The van der Waals surface area contributed by atoms with Crippen LogP contribution in [0.4, 0.5) is 8.78 Å². The SMILES string of the molecule is CCc1ccc(CCc2ccc(C#Cc3ccc4cc(F)ccc4c3)c(F)c2)cc1. The second-order valence-corrected chi connectivity index (χ2v) is 7.44. The highest BCUT2D eigenvalue weighted by atomic mass is 19.1. The lowest BCUT2D eigenvalue weighted by atomic mass is 10.0. The van der Waals surface area contributed by atoms with Gasteiger partial charge < -0.3 is 0 Å². The zero-order valence-electron chi connectivity index (χ0n) is 16.9. The van der Waals surface area contributed by atoms with Crippen LogP contribution in [0.2, 0.25) is 0 Å². The average molecular weight is 396 g/mol. The van der Waals surface area contributed by atoms with E-state index >= 15 is 0 Å². The molecule has 2 heteroatoms. The van der Waals surface area contributed by atoms with Gasteiger partial charge in [0, 0.05) is 5.56 Å². The molecule has 0 N–H and O–H groups in total. The van der Waals surface area contributed by atoms with Crippen LogP contribution in [0.3, 0.4) is 0 Å². The van der Waals surface area contributed by atoms with Crippen molar-refractivity contribution in [3.05, 3.63) is 118 Å². The fraction of sp³-hybridized carbons (Fsp3) is 0.143. The molecule has 0 aliphatic carbocycles. The first-order valence-corrected chi connectivity index (χ1v) is 10.2. The predicted octanol–water partition coefficient (Wildman–Crippen LogP) is 6.87. The standard InChI is InChI=1S/C28H22F2/c1-2-20-3-5-21(6-4-20)7-8-23-10-13-24(28(30)18-23)12-9-22-11-14-26-19-27(29)16-15-25(26)17-22/h3-6,10-11,13-19H,2,7-8H2,1H3. The van der Waals surface area contributed by atoms with Gasteiger partial charge in [-0.3, -0.25) is 0 Å². The van der Waals surface area contributed by atoms with Gasteiger partial charge in [-0.25, -0.2) is 8.78 Å². The highest BCUT2D eigenvalue weighted by Crippen LogP contribution is 2.18. The summed E-state index contributed by atoms with van der Waals surface area (Å²) >= 11 is 0. The van der Waals surface area contributed by atoms with Gasteiger partial charge in [0.05, 0.1) is 5.56 Å². The van der Waals surface area contributed by atoms with Crippen molar-refractivity contribution in [1.29, 1.82) is 0 Å². The molecule has 0 heterocycles. The van der Waals surface area contributed by atoms with E-state index in [0.717, 1.165) is 41.2 Å². The Morgan fingerprint density at radius 1 is 0.633 bits per heavy atom. The minimum Gasteiger partial charge on any atom is -0.207 e. The molecular formula is C28H22F2. The molecule has 4 aromatic rings. The molecule has 0 aliphatic heterocycles. The van der Waals surface area contributed by atoms with Gasteiger partial charge in [0.1, 0.15) is 11.6 Å². The molecule has 0 amide bonds. The molecule has 0 unspecified atom stereocenters. The number of rotatable bonds is 4. The summed E-state index contributed by atoms with van der Waals surface area (Å²) in [6, 6.07) is 24.0. The fourth-order valence-electron chi connectivity index (χ4n) is 3.48. The van der Waals surface area contributed by atoms with Crippen molar-refractivity contribution in [3.8, 4) is 11.8 Å². The normalized spacial score (nSPS) is 10.6. The third kappa shape index (κ3) is 4.75. The van der Waals surface area contributed by atoms with Crippen molar-refractivity contribution >= 4 is 10.8 Å². The molecule has 0 saturated heterocycles. The van der Waals surface area contributed by atoms with Crippen molar-refractivity contribution in [2.45, 2.75) is 26.2 Å². The van der Waals surface area contributed by atoms with Crippen LogP contribution in [0.15, 0.2) is 78.9 Å². The van der Waals surface area contributed by atoms with Gasteiger partial charge in [-0.2, -0.15) is 0 Å². The zero-order valence-corrected chi connectivity index (χ0v) is 16.9. The van der Waals surface area contributed by atoms with E-state index in [0.29, 0.717) is 5.56 Å². The number of hydrogen-bond acceptors (Lipinski definition) is 0. The van der Waals surface area contributed by atoms with Crippen molar-refractivity contribution in [2.24, 2.45) is 0 Å². The minimum absolute atomic E-state index is 0.263.